The first kappa shape index (κ1) is 24.5. The van der Waals surface area contributed by atoms with E-state index in [1.807, 2.05) is 0 Å². The van der Waals surface area contributed by atoms with Gasteiger partial charge in [-0.2, -0.15) is 5.10 Å². The molecule has 0 aliphatic heterocycles. The molecule has 0 radical (unpaired) electrons. The Hall–Kier alpha value is -4.11. The highest BCUT2D eigenvalue weighted by molar-refractivity contribution is 6.30. The number of halogens is 1. The summed E-state index contributed by atoms with van der Waals surface area (Å²) >= 11 is 5.78. The van der Waals surface area contributed by atoms with Gasteiger partial charge in [0.25, 0.3) is 11.8 Å². The second-order valence-corrected chi connectivity index (χ2v) is 7.25. The number of amides is 2. The first-order valence-electron chi connectivity index (χ1n) is 10.3. The zero-order chi connectivity index (χ0) is 24.3. The third-order valence-corrected chi connectivity index (χ3v) is 4.55. The molecule has 0 unspecified atom stereocenters. The second-order valence-electron chi connectivity index (χ2n) is 6.82. The smallest absolute Gasteiger partial charge is 0.338 e. The van der Waals surface area contributed by atoms with Crippen molar-refractivity contribution < 1.29 is 28.3 Å². The lowest BCUT2D eigenvalue weighted by atomic mass is 10.1. The highest BCUT2D eigenvalue weighted by Gasteiger charge is 2.10. The number of benzene rings is 2. The molecule has 2 N–H and O–H groups in total. The molecule has 176 valence electrons. The molecule has 0 bridgehead atoms. The second kappa shape index (κ2) is 12.2. The maximum atomic E-state index is 11.9. The number of carbonyl (C=O) groups excluding carboxylic acids is 3. The van der Waals surface area contributed by atoms with Crippen LogP contribution in [-0.4, -0.2) is 43.8 Å². The topological polar surface area (TPSA) is 119 Å². The van der Waals surface area contributed by atoms with Crippen LogP contribution in [0.5, 0.6) is 5.75 Å². The third-order valence-electron chi connectivity index (χ3n) is 4.30. The average Bonchev–Trinajstić information content (AvgIpc) is 3.31. The van der Waals surface area contributed by atoms with Crippen LogP contribution in [0.2, 0.25) is 5.02 Å². The van der Waals surface area contributed by atoms with Crippen molar-refractivity contribution in [1.82, 2.24) is 10.7 Å². The molecule has 3 rings (SSSR count). The van der Waals surface area contributed by atoms with Gasteiger partial charge in [-0.3, -0.25) is 9.59 Å². The van der Waals surface area contributed by atoms with Crippen LogP contribution in [0.4, 0.5) is 0 Å². The third kappa shape index (κ3) is 7.49. The van der Waals surface area contributed by atoms with Crippen LogP contribution >= 0.6 is 11.6 Å². The summed E-state index contributed by atoms with van der Waals surface area (Å²) in [5.41, 5.74) is 3.40. The van der Waals surface area contributed by atoms with Crippen molar-refractivity contribution in [3.8, 4) is 17.1 Å². The Bertz CT molecular complexity index is 1170. The minimum absolute atomic E-state index is 0.245. The Morgan fingerprint density at radius 3 is 2.62 bits per heavy atom. The minimum Gasteiger partial charge on any atom is -0.484 e. The summed E-state index contributed by atoms with van der Waals surface area (Å²) < 4.78 is 16.0. The van der Waals surface area contributed by atoms with E-state index in [4.69, 9.17) is 25.5 Å². The molecule has 1 aromatic heterocycles. The predicted molar refractivity (Wildman–Crippen MR) is 126 cm³/mol. The number of hydrazone groups is 1. The maximum Gasteiger partial charge on any atom is 0.338 e. The molecular weight excluding hydrogens is 462 g/mol. The lowest BCUT2D eigenvalue weighted by Crippen LogP contribution is -2.37. The van der Waals surface area contributed by atoms with Gasteiger partial charge in [0.1, 0.15) is 17.3 Å². The van der Waals surface area contributed by atoms with Crippen LogP contribution in [0.1, 0.15) is 23.0 Å². The van der Waals surface area contributed by atoms with Gasteiger partial charge in [-0.05, 0) is 55.5 Å². The number of esters is 1. The lowest BCUT2D eigenvalue weighted by Gasteiger charge is -2.06. The Morgan fingerprint density at radius 1 is 1.06 bits per heavy atom. The van der Waals surface area contributed by atoms with Gasteiger partial charge in [-0.25, -0.2) is 10.2 Å². The molecule has 0 atom stereocenters. The van der Waals surface area contributed by atoms with Gasteiger partial charge in [0.05, 0.1) is 24.9 Å². The fraction of sp³-hybridized carbons (Fsp3) is 0.167. The highest BCUT2D eigenvalue weighted by atomic mass is 35.5. The minimum atomic E-state index is -0.523. The molecule has 1 heterocycles. The van der Waals surface area contributed by atoms with Crippen LogP contribution in [0.3, 0.4) is 0 Å². The molecule has 34 heavy (non-hydrogen) atoms. The first-order valence-corrected chi connectivity index (χ1v) is 10.7. The van der Waals surface area contributed by atoms with Crippen LogP contribution < -0.4 is 15.5 Å². The number of nitrogens with zero attached hydrogens (tertiary/aromatic N) is 1. The van der Waals surface area contributed by atoms with E-state index in [0.29, 0.717) is 33.4 Å². The predicted octanol–water partition coefficient (Wildman–Crippen LogP) is 3.42. The van der Waals surface area contributed by atoms with Crippen LogP contribution in [0.25, 0.3) is 11.3 Å². The van der Waals surface area contributed by atoms with Gasteiger partial charge >= 0.3 is 5.97 Å². The van der Waals surface area contributed by atoms with Crippen molar-refractivity contribution in [3.63, 3.8) is 0 Å². The number of ether oxygens (including phenoxy) is 2. The van der Waals surface area contributed by atoms with Gasteiger partial charge in [0.15, 0.2) is 6.61 Å². The highest BCUT2D eigenvalue weighted by Crippen LogP contribution is 2.23. The number of furan rings is 1. The van der Waals surface area contributed by atoms with Crippen molar-refractivity contribution in [2.24, 2.45) is 5.10 Å². The quantitative estimate of drug-likeness (QED) is 0.259. The van der Waals surface area contributed by atoms with Gasteiger partial charge in [0, 0.05) is 10.6 Å². The summed E-state index contributed by atoms with van der Waals surface area (Å²) in [7, 11) is 0. The van der Waals surface area contributed by atoms with Crippen LogP contribution in [0.15, 0.2) is 70.2 Å². The van der Waals surface area contributed by atoms with Crippen molar-refractivity contribution in [1.29, 1.82) is 0 Å². The standard InChI is InChI=1S/C24H22ClN3O6/c1-2-32-24(31)17-5-3-4-16(12-17)21-11-10-20(34-21)13-27-28-22(29)14-26-23(30)15-33-19-8-6-18(25)7-9-19/h3-13H,2,14-15H2,1H3,(H,26,30)(H,28,29)/b27-13-. The van der Waals surface area contributed by atoms with E-state index in [2.05, 4.69) is 15.8 Å². The summed E-state index contributed by atoms with van der Waals surface area (Å²) in [5, 5.41) is 6.79. The fourth-order valence-electron chi connectivity index (χ4n) is 2.71. The molecule has 0 spiro atoms. The van der Waals surface area contributed by atoms with E-state index < -0.39 is 17.8 Å². The van der Waals surface area contributed by atoms with Crippen molar-refractivity contribution in [3.05, 3.63) is 77.0 Å². The molecule has 9 nitrogen and oxygen atoms in total. The molecule has 0 aliphatic carbocycles. The first-order chi connectivity index (χ1) is 16.4. The Morgan fingerprint density at radius 2 is 1.85 bits per heavy atom. The van der Waals surface area contributed by atoms with E-state index in [0.717, 1.165) is 0 Å². The molecule has 2 aromatic carbocycles. The Balaban J connectivity index is 1.43. The molecule has 0 aliphatic rings. The number of rotatable bonds is 10. The number of nitrogens with one attached hydrogen (secondary N) is 2. The van der Waals surface area contributed by atoms with Gasteiger partial charge in [0.2, 0.25) is 0 Å². The van der Waals surface area contributed by atoms with Crippen molar-refractivity contribution in [2.75, 3.05) is 19.8 Å². The van der Waals surface area contributed by atoms with Gasteiger partial charge in [-0.15, -0.1) is 0 Å². The van der Waals surface area contributed by atoms with Crippen LogP contribution in [-0.2, 0) is 14.3 Å². The van der Waals surface area contributed by atoms with Gasteiger partial charge < -0.3 is 19.2 Å². The largest absolute Gasteiger partial charge is 0.484 e. The summed E-state index contributed by atoms with van der Waals surface area (Å²) in [6.07, 6.45) is 1.32. The average molecular weight is 484 g/mol. The van der Waals surface area contributed by atoms with Crippen molar-refractivity contribution >= 4 is 35.6 Å². The van der Waals surface area contributed by atoms with E-state index in [1.54, 1.807) is 67.6 Å². The summed E-state index contributed by atoms with van der Waals surface area (Å²) in [6.45, 7) is 1.51. The summed E-state index contributed by atoms with van der Waals surface area (Å²) in [4.78, 5) is 35.6. The van der Waals surface area contributed by atoms with Gasteiger partial charge in [-0.1, -0.05) is 23.7 Å². The molecule has 0 fully saturated rings. The molecule has 2 amide bonds. The fourth-order valence-corrected chi connectivity index (χ4v) is 2.83. The van der Waals surface area contributed by atoms with Crippen molar-refractivity contribution in [2.45, 2.75) is 6.92 Å². The lowest BCUT2D eigenvalue weighted by molar-refractivity contribution is -0.127. The zero-order valence-corrected chi connectivity index (χ0v) is 19.0. The molecule has 10 heteroatoms. The summed E-state index contributed by atoms with van der Waals surface area (Å²) in [6, 6.07) is 16.8. The number of carbonyl (C=O) groups is 3. The Kier molecular flexibility index (Phi) is 8.81. The SMILES string of the molecule is CCOC(=O)c1cccc(-c2ccc(/C=N\NC(=O)CNC(=O)COc3ccc(Cl)cc3)o2)c1. The number of hydrogen-bond acceptors (Lipinski definition) is 7. The Labute approximate surface area is 200 Å². The molecule has 3 aromatic rings. The molecular formula is C24H22ClN3O6. The normalized spacial score (nSPS) is 10.6. The zero-order valence-electron chi connectivity index (χ0n) is 18.2. The van der Waals surface area contributed by atoms with E-state index in [9.17, 15) is 14.4 Å². The maximum absolute atomic E-state index is 11.9. The molecule has 0 saturated carbocycles. The van der Waals surface area contributed by atoms with Crippen LogP contribution in [0, 0.1) is 0 Å². The molecule has 0 saturated heterocycles. The summed E-state index contributed by atoms with van der Waals surface area (Å²) in [5.74, 6) is -0.00740. The number of hydrogen-bond donors (Lipinski definition) is 2. The van der Waals surface area contributed by atoms with E-state index in [-0.39, 0.29) is 19.8 Å². The van der Waals surface area contributed by atoms with E-state index >= 15 is 0 Å². The van der Waals surface area contributed by atoms with E-state index in [1.165, 1.54) is 6.21 Å². The monoisotopic (exact) mass is 483 g/mol.